The summed E-state index contributed by atoms with van der Waals surface area (Å²) in [5.41, 5.74) is 3.12. The number of likely N-dealkylation sites (tertiary alicyclic amines) is 1. The molecule has 0 spiro atoms. The molecule has 1 saturated heterocycles. The lowest BCUT2D eigenvalue weighted by atomic mass is 9.92. The molecule has 5 nitrogen and oxygen atoms in total. The maximum atomic E-state index is 12.9. The van der Waals surface area contributed by atoms with Gasteiger partial charge in [0.1, 0.15) is 5.82 Å². The Kier molecular flexibility index (Phi) is 6.15. The van der Waals surface area contributed by atoms with Gasteiger partial charge in [-0.15, -0.1) is 0 Å². The van der Waals surface area contributed by atoms with Crippen LogP contribution in [0.25, 0.3) is 0 Å². The molecule has 0 bridgehead atoms. The lowest BCUT2D eigenvalue weighted by Gasteiger charge is -2.21. The molecule has 1 atom stereocenters. The molecule has 148 valence electrons. The van der Waals surface area contributed by atoms with Crippen molar-refractivity contribution in [2.45, 2.75) is 31.7 Å². The zero-order valence-electron chi connectivity index (χ0n) is 16.5. The smallest absolute Gasteiger partial charge is 0.255 e. The maximum absolute atomic E-state index is 12.9. The summed E-state index contributed by atoms with van der Waals surface area (Å²) in [5.74, 6) is 1.36. The number of nitrogens with zero attached hydrogens (tertiary/aromatic N) is 3. The third-order valence-electron chi connectivity index (χ3n) is 5.49. The summed E-state index contributed by atoms with van der Waals surface area (Å²) in [6.45, 7) is 2.25. The van der Waals surface area contributed by atoms with E-state index in [1.54, 1.807) is 12.4 Å². The lowest BCUT2D eigenvalue weighted by Crippen LogP contribution is -2.32. The van der Waals surface area contributed by atoms with Crippen LogP contribution in [0.4, 0.5) is 5.82 Å². The van der Waals surface area contributed by atoms with Crippen molar-refractivity contribution in [1.82, 2.24) is 14.9 Å². The number of rotatable bonds is 5. The summed E-state index contributed by atoms with van der Waals surface area (Å²) >= 11 is 0. The van der Waals surface area contributed by atoms with E-state index in [0.717, 1.165) is 43.7 Å². The van der Waals surface area contributed by atoms with Crippen LogP contribution in [0.1, 0.15) is 46.7 Å². The van der Waals surface area contributed by atoms with Crippen molar-refractivity contribution in [1.29, 1.82) is 0 Å². The van der Waals surface area contributed by atoms with Crippen LogP contribution in [0.2, 0.25) is 0 Å². The van der Waals surface area contributed by atoms with Crippen molar-refractivity contribution in [2.24, 2.45) is 0 Å². The predicted octanol–water partition coefficient (Wildman–Crippen LogP) is 4.50. The summed E-state index contributed by atoms with van der Waals surface area (Å²) in [4.78, 5) is 23.4. The minimum Gasteiger partial charge on any atom is -0.366 e. The van der Waals surface area contributed by atoms with Gasteiger partial charge >= 0.3 is 0 Å². The van der Waals surface area contributed by atoms with Crippen LogP contribution in [0, 0.1) is 0 Å². The molecule has 29 heavy (non-hydrogen) atoms. The molecule has 5 heteroatoms. The van der Waals surface area contributed by atoms with Crippen LogP contribution < -0.4 is 5.32 Å². The molecular weight excluding hydrogens is 360 g/mol. The Morgan fingerprint density at radius 1 is 1.00 bits per heavy atom. The van der Waals surface area contributed by atoms with Crippen LogP contribution in [0.15, 0.2) is 73.2 Å². The molecule has 1 unspecified atom stereocenters. The van der Waals surface area contributed by atoms with Crippen LogP contribution in [0.5, 0.6) is 0 Å². The molecule has 1 aliphatic rings. The zero-order valence-corrected chi connectivity index (χ0v) is 16.5. The largest absolute Gasteiger partial charge is 0.366 e. The van der Waals surface area contributed by atoms with E-state index in [0.29, 0.717) is 18.0 Å². The van der Waals surface area contributed by atoms with Gasteiger partial charge in [-0.05, 0) is 54.5 Å². The highest BCUT2D eigenvalue weighted by Crippen LogP contribution is 2.28. The number of pyridine rings is 2. The lowest BCUT2D eigenvalue weighted by molar-refractivity contribution is 0.0760. The minimum atomic E-state index is 0.0741. The van der Waals surface area contributed by atoms with Crippen LogP contribution in [0.3, 0.4) is 0 Å². The molecule has 1 amide bonds. The normalized spacial score (nSPS) is 16.8. The number of nitrogens with one attached hydrogen (secondary N) is 1. The summed E-state index contributed by atoms with van der Waals surface area (Å²) in [5, 5.41) is 3.26. The van der Waals surface area contributed by atoms with Crippen LogP contribution in [-0.2, 0) is 6.54 Å². The molecule has 4 rings (SSSR count). The molecule has 0 aliphatic carbocycles. The van der Waals surface area contributed by atoms with Gasteiger partial charge in [0.05, 0.1) is 5.56 Å². The van der Waals surface area contributed by atoms with E-state index in [-0.39, 0.29) is 5.91 Å². The molecule has 1 fully saturated rings. The monoisotopic (exact) mass is 386 g/mol. The average Bonchev–Trinajstić information content (AvgIpc) is 3.05. The summed E-state index contributed by atoms with van der Waals surface area (Å²) in [6.07, 6.45) is 8.42. The first-order valence-electron chi connectivity index (χ1n) is 10.2. The highest BCUT2D eigenvalue weighted by atomic mass is 16.2. The fourth-order valence-electron chi connectivity index (χ4n) is 3.86. The number of benzene rings is 1. The summed E-state index contributed by atoms with van der Waals surface area (Å²) < 4.78 is 0. The van der Waals surface area contributed by atoms with Gasteiger partial charge in [0.25, 0.3) is 5.91 Å². The highest BCUT2D eigenvalue weighted by molar-refractivity contribution is 5.94. The summed E-state index contributed by atoms with van der Waals surface area (Å²) in [7, 11) is 0. The van der Waals surface area contributed by atoms with Crippen LogP contribution in [-0.4, -0.2) is 33.9 Å². The van der Waals surface area contributed by atoms with Gasteiger partial charge in [-0.1, -0.05) is 36.4 Å². The van der Waals surface area contributed by atoms with Gasteiger partial charge in [-0.3, -0.25) is 9.78 Å². The second-order valence-electron chi connectivity index (χ2n) is 7.48. The second-order valence-corrected chi connectivity index (χ2v) is 7.48. The topological polar surface area (TPSA) is 58.1 Å². The molecule has 1 aromatic carbocycles. The Labute approximate surface area is 171 Å². The maximum Gasteiger partial charge on any atom is 0.255 e. The van der Waals surface area contributed by atoms with Crippen LogP contribution >= 0.6 is 0 Å². The predicted molar refractivity (Wildman–Crippen MR) is 115 cm³/mol. The number of hydrogen-bond acceptors (Lipinski definition) is 4. The number of aromatic nitrogens is 2. The molecule has 2 aromatic heterocycles. The van der Waals surface area contributed by atoms with Crippen molar-refractivity contribution >= 4 is 11.7 Å². The fraction of sp³-hybridized carbons (Fsp3) is 0.292. The zero-order chi connectivity index (χ0) is 19.9. The van der Waals surface area contributed by atoms with Crippen molar-refractivity contribution in [3.05, 3.63) is 89.9 Å². The number of anilines is 1. The highest BCUT2D eigenvalue weighted by Gasteiger charge is 2.22. The first-order chi connectivity index (χ1) is 14.3. The van der Waals surface area contributed by atoms with E-state index in [1.165, 1.54) is 5.56 Å². The molecule has 3 aromatic rings. The van der Waals surface area contributed by atoms with Gasteiger partial charge < -0.3 is 10.2 Å². The van der Waals surface area contributed by atoms with Gasteiger partial charge in [0.15, 0.2) is 0 Å². The molecular formula is C24H26N4O. The van der Waals surface area contributed by atoms with E-state index < -0.39 is 0 Å². The summed E-state index contributed by atoms with van der Waals surface area (Å²) in [6, 6.07) is 18.3. The quantitative estimate of drug-likeness (QED) is 0.701. The Morgan fingerprint density at radius 3 is 2.66 bits per heavy atom. The van der Waals surface area contributed by atoms with E-state index in [4.69, 9.17) is 0 Å². The Hall–Kier alpha value is -3.21. The number of carbonyl (C=O) groups is 1. The molecule has 3 heterocycles. The van der Waals surface area contributed by atoms with E-state index in [9.17, 15) is 4.79 Å². The standard InChI is InChI=1S/C24H26N4O/c29-24(28-14-5-9-21(12-15-28)20-7-2-1-3-8-20)22-10-11-23(27-18-22)26-17-19-6-4-13-25-16-19/h1-4,6-8,10-11,13,16,18,21H,5,9,12,14-15,17H2,(H,26,27). The van der Waals surface area contributed by atoms with Gasteiger partial charge in [0.2, 0.25) is 0 Å². The van der Waals surface area contributed by atoms with Gasteiger partial charge in [-0.25, -0.2) is 4.98 Å². The fourth-order valence-corrected chi connectivity index (χ4v) is 3.86. The van der Waals surface area contributed by atoms with Gasteiger partial charge in [0, 0.05) is 38.2 Å². The first kappa shape index (κ1) is 19.1. The van der Waals surface area contributed by atoms with Crippen molar-refractivity contribution in [3.8, 4) is 0 Å². The van der Waals surface area contributed by atoms with E-state index in [1.807, 2.05) is 35.4 Å². The molecule has 1 N–H and O–H groups in total. The van der Waals surface area contributed by atoms with E-state index >= 15 is 0 Å². The Bertz CT molecular complexity index is 913. The third-order valence-corrected chi connectivity index (χ3v) is 5.49. The third kappa shape index (κ3) is 4.99. The Balaban J connectivity index is 1.34. The van der Waals surface area contributed by atoms with Crippen molar-refractivity contribution in [2.75, 3.05) is 18.4 Å². The second kappa shape index (κ2) is 9.32. The van der Waals surface area contributed by atoms with Crippen molar-refractivity contribution < 1.29 is 4.79 Å². The van der Waals surface area contributed by atoms with Crippen molar-refractivity contribution in [3.63, 3.8) is 0 Å². The Morgan fingerprint density at radius 2 is 1.90 bits per heavy atom. The SMILES string of the molecule is O=C(c1ccc(NCc2cccnc2)nc1)N1CCCC(c2ccccc2)CC1. The molecule has 0 saturated carbocycles. The number of hydrogen-bond donors (Lipinski definition) is 1. The van der Waals surface area contributed by atoms with Gasteiger partial charge in [-0.2, -0.15) is 0 Å². The number of carbonyl (C=O) groups excluding carboxylic acids is 1. The van der Waals surface area contributed by atoms with E-state index in [2.05, 4.69) is 45.6 Å². The number of amides is 1. The average molecular weight is 386 g/mol. The minimum absolute atomic E-state index is 0.0741. The molecule has 0 radical (unpaired) electrons. The first-order valence-corrected chi connectivity index (χ1v) is 10.2. The molecule has 1 aliphatic heterocycles.